The van der Waals surface area contributed by atoms with E-state index in [0.29, 0.717) is 6.61 Å². The summed E-state index contributed by atoms with van der Waals surface area (Å²) >= 11 is 7.21. The average molecular weight is 443 g/mol. The Kier molecular flexibility index (Phi) is 6.44. The highest BCUT2D eigenvalue weighted by Crippen LogP contribution is 2.28. The van der Waals surface area contributed by atoms with Crippen molar-refractivity contribution in [3.8, 4) is 17.0 Å². The van der Waals surface area contributed by atoms with Gasteiger partial charge in [-0.15, -0.1) is 11.3 Å². The van der Waals surface area contributed by atoms with Crippen LogP contribution < -0.4 is 15.0 Å². The van der Waals surface area contributed by atoms with Gasteiger partial charge in [0.2, 0.25) is 0 Å². The Hall–Kier alpha value is -2.71. The summed E-state index contributed by atoms with van der Waals surface area (Å²) < 4.78 is 18.6. The first-order chi connectivity index (χ1) is 14.6. The fraction of sp³-hybridized carbons (Fsp3) is 0.273. The number of thiazole rings is 1. The van der Waals surface area contributed by atoms with Crippen LogP contribution in [0.5, 0.6) is 5.75 Å². The van der Waals surface area contributed by atoms with Crippen molar-refractivity contribution in [2.75, 3.05) is 43.0 Å². The first-order valence-electron chi connectivity index (χ1n) is 9.87. The first kappa shape index (κ1) is 20.6. The predicted octanol–water partition coefficient (Wildman–Crippen LogP) is 4.87. The van der Waals surface area contributed by atoms with E-state index in [4.69, 9.17) is 21.9 Å². The van der Waals surface area contributed by atoms with Gasteiger partial charge in [0.25, 0.3) is 0 Å². The molecule has 8 heteroatoms. The van der Waals surface area contributed by atoms with Crippen LogP contribution in [0, 0.1) is 5.82 Å². The van der Waals surface area contributed by atoms with E-state index in [9.17, 15) is 4.39 Å². The fourth-order valence-electron chi connectivity index (χ4n) is 3.27. The van der Waals surface area contributed by atoms with Gasteiger partial charge in [0.05, 0.1) is 12.3 Å². The highest BCUT2D eigenvalue weighted by atomic mass is 32.1. The van der Waals surface area contributed by atoms with Crippen LogP contribution in [-0.4, -0.2) is 47.8 Å². The standard InChI is InChI=1S/C22H23FN4OS2/c1-2-28-19-9-7-18(8-10-19)24-21(29)26-11-13-27(14-12-26)22-25-20(15-30-22)16-3-5-17(23)6-4-16/h3-10,15H,2,11-14H2,1H3,(H,24,29). The molecule has 0 aliphatic carbocycles. The second-order valence-electron chi connectivity index (χ2n) is 6.88. The Balaban J connectivity index is 1.31. The molecule has 0 spiro atoms. The van der Waals surface area contributed by atoms with Crippen LogP contribution in [0.4, 0.5) is 15.2 Å². The number of piperazine rings is 1. The van der Waals surface area contributed by atoms with Crippen molar-refractivity contribution in [3.05, 3.63) is 59.7 Å². The number of hydrogen-bond acceptors (Lipinski definition) is 5. The minimum atomic E-state index is -0.236. The summed E-state index contributed by atoms with van der Waals surface area (Å²) in [7, 11) is 0. The number of nitrogens with zero attached hydrogens (tertiary/aromatic N) is 3. The summed E-state index contributed by atoms with van der Waals surface area (Å²) in [6.07, 6.45) is 0. The molecule has 1 fully saturated rings. The summed E-state index contributed by atoms with van der Waals surface area (Å²) in [5.41, 5.74) is 2.76. The van der Waals surface area contributed by atoms with Gasteiger partial charge in [-0.3, -0.25) is 0 Å². The normalized spacial score (nSPS) is 13.9. The minimum absolute atomic E-state index is 0.236. The van der Waals surface area contributed by atoms with Crippen molar-refractivity contribution in [3.63, 3.8) is 0 Å². The molecular weight excluding hydrogens is 419 g/mol. The topological polar surface area (TPSA) is 40.6 Å². The molecule has 1 aliphatic heterocycles. The molecule has 2 heterocycles. The van der Waals surface area contributed by atoms with Crippen molar-refractivity contribution >= 4 is 39.5 Å². The molecule has 1 N–H and O–H groups in total. The number of aromatic nitrogens is 1. The number of nitrogens with one attached hydrogen (secondary N) is 1. The monoisotopic (exact) mass is 442 g/mol. The predicted molar refractivity (Wildman–Crippen MR) is 125 cm³/mol. The molecule has 0 radical (unpaired) electrons. The van der Waals surface area contributed by atoms with Gasteiger partial charge >= 0.3 is 0 Å². The van der Waals surface area contributed by atoms with E-state index in [1.807, 2.05) is 36.6 Å². The van der Waals surface area contributed by atoms with Crippen molar-refractivity contribution in [2.24, 2.45) is 0 Å². The van der Waals surface area contributed by atoms with Crippen LogP contribution in [0.2, 0.25) is 0 Å². The van der Waals surface area contributed by atoms with Crippen LogP contribution in [-0.2, 0) is 0 Å². The van der Waals surface area contributed by atoms with Crippen LogP contribution in [0.3, 0.4) is 0 Å². The number of benzene rings is 2. The molecule has 4 rings (SSSR count). The lowest BCUT2D eigenvalue weighted by Crippen LogP contribution is -2.50. The molecule has 1 saturated heterocycles. The second-order valence-corrected chi connectivity index (χ2v) is 8.11. The first-order valence-corrected chi connectivity index (χ1v) is 11.2. The SMILES string of the molecule is CCOc1ccc(NC(=S)N2CCN(c3nc(-c4ccc(F)cc4)cs3)CC2)cc1. The lowest BCUT2D eigenvalue weighted by atomic mass is 10.2. The Morgan fingerprint density at radius 1 is 1.10 bits per heavy atom. The van der Waals surface area contributed by atoms with Crippen molar-refractivity contribution < 1.29 is 9.13 Å². The maximum atomic E-state index is 13.1. The van der Waals surface area contributed by atoms with Gasteiger partial charge in [-0.25, -0.2) is 9.37 Å². The van der Waals surface area contributed by atoms with Crippen molar-refractivity contribution in [1.29, 1.82) is 0 Å². The van der Waals surface area contributed by atoms with Crippen LogP contribution in [0.25, 0.3) is 11.3 Å². The maximum absolute atomic E-state index is 13.1. The Morgan fingerprint density at radius 3 is 2.47 bits per heavy atom. The van der Waals surface area contributed by atoms with Gasteiger partial charge in [-0.05, 0) is 67.7 Å². The number of anilines is 2. The second kappa shape index (κ2) is 9.40. The zero-order valence-corrected chi connectivity index (χ0v) is 18.3. The molecule has 0 saturated carbocycles. The van der Waals surface area contributed by atoms with E-state index in [1.165, 1.54) is 12.1 Å². The van der Waals surface area contributed by atoms with E-state index in [0.717, 1.165) is 59.1 Å². The molecular formula is C22H23FN4OS2. The summed E-state index contributed by atoms with van der Waals surface area (Å²) in [5, 5.41) is 7.04. The minimum Gasteiger partial charge on any atom is -0.494 e. The van der Waals surface area contributed by atoms with E-state index in [-0.39, 0.29) is 5.82 Å². The third-order valence-electron chi connectivity index (χ3n) is 4.89. The maximum Gasteiger partial charge on any atom is 0.185 e. The molecule has 0 bridgehead atoms. The quantitative estimate of drug-likeness (QED) is 0.569. The summed E-state index contributed by atoms with van der Waals surface area (Å²) in [6, 6.07) is 14.3. The molecule has 0 amide bonds. The highest BCUT2D eigenvalue weighted by Gasteiger charge is 2.21. The van der Waals surface area contributed by atoms with Gasteiger partial charge < -0.3 is 19.9 Å². The Labute approximate surface area is 185 Å². The van der Waals surface area contributed by atoms with Gasteiger partial charge in [-0.1, -0.05) is 0 Å². The van der Waals surface area contributed by atoms with Gasteiger partial charge in [0.1, 0.15) is 11.6 Å². The molecule has 3 aromatic rings. The molecule has 2 aromatic carbocycles. The molecule has 156 valence electrons. The van der Waals surface area contributed by atoms with Crippen LogP contribution in [0.15, 0.2) is 53.9 Å². The average Bonchev–Trinajstić information content (AvgIpc) is 3.26. The third kappa shape index (κ3) is 4.88. The lowest BCUT2D eigenvalue weighted by Gasteiger charge is -2.36. The molecule has 0 atom stereocenters. The van der Waals surface area contributed by atoms with E-state index < -0.39 is 0 Å². The van der Waals surface area contributed by atoms with Crippen molar-refractivity contribution in [2.45, 2.75) is 6.92 Å². The largest absolute Gasteiger partial charge is 0.494 e. The third-order valence-corrected chi connectivity index (χ3v) is 6.15. The fourth-order valence-corrected chi connectivity index (χ4v) is 4.46. The van der Waals surface area contributed by atoms with E-state index in [1.54, 1.807) is 23.5 Å². The van der Waals surface area contributed by atoms with Gasteiger partial charge in [0, 0.05) is 42.8 Å². The van der Waals surface area contributed by atoms with E-state index >= 15 is 0 Å². The number of ether oxygens (including phenoxy) is 1. The number of halogens is 1. The summed E-state index contributed by atoms with van der Waals surface area (Å²) in [6.45, 7) is 5.97. The number of rotatable bonds is 5. The Morgan fingerprint density at radius 2 is 1.80 bits per heavy atom. The Bertz CT molecular complexity index is 983. The molecule has 30 heavy (non-hydrogen) atoms. The summed E-state index contributed by atoms with van der Waals surface area (Å²) in [4.78, 5) is 9.19. The lowest BCUT2D eigenvalue weighted by molar-refractivity contribution is 0.340. The smallest absolute Gasteiger partial charge is 0.185 e. The number of hydrogen-bond donors (Lipinski definition) is 1. The van der Waals surface area contributed by atoms with Crippen LogP contribution >= 0.6 is 23.6 Å². The molecule has 1 aliphatic rings. The van der Waals surface area contributed by atoms with E-state index in [2.05, 4.69) is 15.1 Å². The molecule has 1 aromatic heterocycles. The highest BCUT2D eigenvalue weighted by molar-refractivity contribution is 7.80. The molecule has 5 nitrogen and oxygen atoms in total. The van der Waals surface area contributed by atoms with Crippen LogP contribution in [0.1, 0.15) is 6.92 Å². The van der Waals surface area contributed by atoms with Crippen molar-refractivity contribution in [1.82, 2.24) is 9.88 Å². The van der Waals surface area contributed by atoms with Gasteiger partial charge in [0.15, 0.2) is 10.2 Å². The molecule has 0 unspecified atom stereocenters. The zero-order chi connectivity index (χ0) is 20.9. The zero-order valence-electron chi connectivity index (χ0n) is 16.7. The van der Waals surface area contributed by atoms with Gasteiger partial charge in [-0.2, -0.15) is 0 Å². The summed E-state index contributed by atoms with van der Waals surface area (Å²) in [5.74, 6) is 0.617. The number of thiocarbonyl (C=S) groups is 1.